The number of hydrogen-bond acceptors (Lipinski definition) is 5. The molecule has 3 aromatic rings. The molecular formula is C21H14BrFN4O3. The van der Waals surface area contributed by atoms with E-state index in [1.165, 1.54) is 35.2 Å². The van der Waals surface area contributed by atoms with Gasteiger partial charge in [0, 0.05) is 16.1 Å². The van der Waals surface area contributed by atoms with E-state index in [1.54, 1.807) is 24.3 Å². The molecule has 0 aliphatic carbocycles. The number of ether oxygens (including phenoxy) is 1. The summed E-state index contributed by atoms with van der Waals surface area (Å²) in [6, 6.07) is 15.2. The minimum atomic E-state index is -0.818. The van der Waals surface area contributed by atoms with Crippen LogP contribution in [0.3, 0.4) is 0 Å². The molecule has 0 aliphatic rings. The van der Waals surface area contributed by atoms with Crippen LogP contribution in [0.25, 0.3) is 11.8 Å². The van der Waals surface area contributed by atoms with E-state index >= 15 is 0 Å². The zero-order valence-corrected chi connectivity index (χ0v) is 17.0. The van der Waals surface area contributed by atoms with Crippen LogP contribution in [0.2, 0.25) is 0 Å². The molecule has 0 radical (unpaired) electrons. The van der Waals surface area contributed by atoms with Gasteiger partial charge < -0.3 is 10.1 Å². The second-order valence-corrected chi connectivity index (χ2v) is 6.84. The predicted octanol–water partition coefficient (Wildman–Crippen LogP) is 3.84. The predicted molar refractivity (Wildman–Crippen MR) is 111 cm³/mol. The van der Waals surface area contributed by atoms with Gasteiger partial charge >= 0.3 is 5.97 Å². The number of nitriles is 1. The van der Waals surface area contributed by atoms with Gasteiger partial charge in [-0.1, -0.05) is 34.1 Å². The molecule has 0 bridgehead atoms. The average molecular weight is 469 g/mol. The highest BCUT2D eigenvalue weighted by Crippen LogP contribution is 2.19. The summed E-state index contributed by atoms with van der Waals surface area (Å²) in [5.74, 6) is -1.81. The fourth-order valence-electron chi connectivity index (χ4n) is 2.47. The summed E-state index contributed by atoms with van der Waals surface area (Å²) in [4.78, 5) is 24.0. The number of amides is 1. The van der Waals surface area contributed by atoms with Gasteiger partial charge in [-0.2, -0.15) is 10.4 Å². The lowest BCUT2D eigenvalue weighted by Gasteiger charge is -2.09. The Labute approximate surface area is 179 Å². The molecule has 1 heterocycles. The van der Waals surface area contributed by atoms with Crippen LogP contribution < -0.4 is 5.32 Å². The first kappa shape index (κ1) is 21.0. The molecule has 2 aromatic carbocycles. The lowest BCUT2D eigenvalue weighted by molar-refractivity contribution is -0.142. The molecule has 0 saturated heterocycles. The Morgan fingerprint density at radius 3 is 2.77 bits per heavy atom. The third-order valence-electron chi connectivity index (χ3n) is 3.85. The topological polar surface area (TPSA) is 97.0 Å². The smallest absolute Gasteiger partial charge is 0.331 e. The van der Waals surface area contributed by atoms with E-state index in [4.69, 9.17) is 4.74 Å². The van der Waals surface area contributed by atoms with Gasteiger partial charge in [0.25, 0.3) is 5.91 Å². The van der Waals surface area contributed by atoms with Crippen LogP contribution in [-0.4, -0.2) is 28.3 Å². The van der Waals surface area contributed by atoms with Crippen molar-refractivity contribution in [2.75, 3.05) is 11.9 Å². The second-order valence-electron chi connectivity index (χ2n) is 5.92. The summed E-state index contributed by atoms with van der Waals surface area (Å²) >= 11 is 3.22. The standard InChI is InChI=1S/C21H14BrFN4O3/c22-16-7-8-18(23)14(10-16)6-9-20(29)30-13-19(28)26-21-15(11-24)12-25-27(21)17-4-2-1-3-5-17/h1-10,12H,13H2,(H,26,28)/b9-6+. The van der Waals surface area contributed by atoms with E-state index in [9.17, 15) is 19.2 Å². The van der Waals surface area contributed by atoms with Crippen LogP contribution in [-0.2, 0) is 14.3 Å². The molecule has 7 nitrogen and oxygen atoms in total. The number of carbonyl (C=O) groups is 2. The Hall–Kier alpha value is -3.77. The molecule has 0 atom stereocenters. The van der Waals surface area contributed by atoms with Gasteiger partial charge in [0.15, 0.2) is 12.4 Å². The average Bonchev–Trinajstić information content (AvgIpc) is 3.16. The molecule has 150 valence electrons. The van der Waals surface area contributed by atoms with Crippen LogP contribution in [0.4, 0.5) is 10.2 Å². The Morgan fingerprint density at radius 1 is 1.27 bits per heavy atom. The van der Waals surface area contributed by atoms with Crippen molar-refractivity contribution in [2.24, 2.45) is 0 Å². The molecular weight excluding hydrogens is 455 g/mol. The lowest BCUT2D eigenvalue weighted by Crippen LogP contribution is -2.22. The van der Waals surface area contributed by atoms with Gasteiger partial charge in [-0.05, 0) is 36.4 Å². The maximum absolute atomic E-state index is 13.7. The molecule has 0 unspecified atom stereocenters. The number of benzene rings is 2. The SMILES string of the molecule is N#Cc1cnn(-c2ccccc2)c1NC(=O)COC(=O)/C=C/c1cc(Br)ccc1F. The van der Waals surface area contributed by atoms with Crippen molar-refractivity contribution in [1.29, 1.82) is 5.26 Å². The van der Waals surface area contributed by atoms with Gasteiger partial charge in [-0.3, -0.25) is 4.79 Å². The van der Waals surface area contributed by atoms with E-state index in [-0.39, 0.29) is 16.9 Å². The maximum Gasteiger partial charge on any atom is 0.331 e. The number of nitrogens with zero attached hydrogens (tertiary/aromatic N) is 3. The number of esters is 1. The molecule has 9 heteroatoms. The monoisotopic (exact) mass is 468 g/mol. The molecule has 30 heavy (non-hydrogen) atoms. The highest BCUT2D eigenvalue weighted by Gasteiger charge is 2.16. The number of anilines is 1. The summed E-state index contributed by atoms with van der Waals surface area (Å²) < 4.78 is 20.6. The zero-order chi connectivity index (χ0) is 21.5. The first-order valence-corrected chi connectivity index (χ1v) is 9.40. The van der Waals surface area contributed by atoms with Crippen molar-refractivity contribution in [2.45, 2.75) is 0 Å². The largest absolute Gasteiger partial charge is 0.452 e. The second kappa shape index (κ2) is 9.62. The van der Waals surface area contributed by atoms with Crippen molar-refractivity contribution in [3.05, 3.63) is 82.2 Å². The molecule has 0 spiro atoms. The first-order valence-electron chi connectivity index (χ1n) is 8.61. The minimum absolute atomic E-state index is 0.156. The highest BCUT2D eigenvalue weighted by molar-refractivity contribution is 9.10. The fourth-order valence-corrected chi connectivity index (χ4v) is 2.85. The summed E-state index contributed by atoms with van der Waals surface area (Å²) in [6.07, 6.45) is 3.59. The number of rotatable bonds is 6. The molecule has 3 rings (SSSR count). The van der Waals surface area contributed by atoms with E-state index in [2.05, 4.69) is 26.3 Å². The number of halogens is 2. The van der Waals surface area contributed by atoms with Crippen molar-refractivity contribution in [1.82, 2.24) is 9.78 Å². The normalized spacial score (nSPS) is 10.6. The van der Waals surface area contributed by atoms with E-state index < -0.39 is 24.3 Å². The van der Waals surface area contributed by atoms with Crippen molar-refractivity contribution < 1.29 is 18.7 Å². The summed E-state index contributed by atoms with van der Waals surface area (Å²) in [5.41, 5.74) is 0.991. The van der Waals surface area contributed by atoms with Crippen LogP contribution >= 0.6 is 15.9 Å². The Morgan fingerprint density at radius 2 is 2.03 bits per heavy atom. The van der Waals surface area contributed by atoms with Crippen LogP contribution in [0.1, 0.15) is 11.1 Å². The molecule has 0 aliphatic heterocycles. The number of para-hydroxylation sites is 1. The van der Waals surface area contributed by atoms with E-state index in [1.807, 2.05) is 12.1 Å². The van der Waals surface area contributed by atoms with Gasteiger partial charge in [0.2, 0.25) is 0 Å². The van der Waals surface area contributed by atoms with Crippen molar-refractivity contribution in [3.8, 4) is 11.8 Å². The van der Waals surface area contributed by atoms with Crippen LogP contribution in [0.15, 0.2) is 65.3 Å². The van der Waals surface area contributed by atoms with Crippen molar-refractivity contribution >= 4 is 39.7 Å². The zero-order valence-electron chi connectivity index (χ0n) is 15.4. The summed E-state index contributed by atoms with van der Waals surface area (Å²) in [7, 11) is 0. The lowest BCUT2D eigenvalue weighted by atomic mass is 10.2. The highest BCUT2D eigenvalue weighted by atomic mass is 79.9. The number of carbonyl (C=O) groups excluding carboxylic acids is 2. The first-order chi connectivity index (χ1) is 14.5. The quantitative estimate of drug-likeness (QED) is 0.437. The Balaban J connectivity index is 1.63. The Bertz CT molecular complexity index is 1150. The van der Waals surface area contributed by atoms with E-state index in [0.717, 1.165) is 6.08 Å². The van der Waals surface area contributed by atoms with Gasteiger partial charge in [-0.15, -0.1) is 0 Å². The Kier molecular flexibility index (Phi) is 6.72. The molecule has 0 fully saturated rings. The summed E-state index contributed by atoms with van der Waals surface area (Å²) in [5, 5.41) is 15.9. The fraction of sp³-hybridized carbons (Fsp3) is 0.0476. The number of hydrogen-bond donors (Lipinski definition) is 1. The molecule has 0 saturated carbocycles. The van der Waals surface area contributed by atoms with Crippen LogP contribution in [0, 0.1) is 17.1 Å². The third kappa shape index (κ3) is 5.18. The third-order valence-corrected chi connectivity index (χ3v) is 4.34. The number of nitrogens with one attached hydrogen (secondary N) is 1. The number of aromatic nitrogens is 2. The summed E-state index contributed by atoms with van der Waals surface area (Å²) in [6.45, 7) is -0.588. The van der Waals surface area contributed by atoms with E-state index in [0.29, 0.717) is 10.2 Å². The molecule has 1 N–H and O–H groups in total. The van der Waals surface area contributed by atoms with Gasteiger partial charge in [0.05, 0.1) is 11.9 Å². The maximum atomic E-state index is 13.7. The van der Waals surface area contributed by atoms with Crippen LogP contribution in [0.5, 0.6) is 0 Å². The van der Waals surface area contributed by atoms with Gasteiger partial charge in [0.1, 0.15) is 17.4 Å². The minimum Gasteiger partial charge on any atom is -0.452 e. The molecule has 1 amide bonds. The van der Waals surface area contributed by atoms with Crippen molar-refractivity contribution in [3.63, 3.8) is 0 Å². The molecule has 1 aromatic heterocycles. The van der Waals surface area contributed by atoms with Gasteiger partial charge in [-0.25, -0.2) is 13.9 Å².